The number of nitrogens with zero attached hydrogens (tertiary/aromatic N) is 4. The lowest BCUT2D eigenvalue weighted by molar-refractivity contribution is -0.133. The van der Waals surface area contributed by atoms with Gasteiger partial charge < -0.3 is 10.5 Å². The molecule has 0 bridgehead atoms. The minimum atomic E-state index is -1.35. The van der Waals surface area contributed by atoms with Gasteiger partial charge in [-0.3, -0.25) is 14.7 Å². The smallest absolute Gasteiger partial charge is 0.261 e. The molecule has 0 saturated carbocycles. The van der Waals surface area contributed by atoms with Crippen molar-refractivity contribution in [2.24, 2.45) is 10.7 Å². The third-order valence-corrected chi connectivity index (χ3v) is 6.13. The number of aromatic nitrogens is 2. The Bertz CT molecular complexity index is 1300. The van der Waals surface area contributed by atoms with Gasteiger partial charge in [-0.2, -0.15) is 4.39 Å². The van der Waals surface area contributed by atoms with Crippen molar-refractivity contribution in [3.63, 3.8) is 0 Å². The number of carbonyl (C=O) groups excluding carboxylic acids is 1. The van der Waals surface area contributed by atoms with Crippen LogP contribution in [-0.2, 0) is 16.8 Å². The number of halogens is 2. The normalized spacial score (nSPS) is 23.9. The molecule has 2 aliphatic rings. The van der Waals surface area contributed by atoms with Crippen LogP contribution >= 0.6 is 0 Å². The van der Waals surface area contributed by atoms with Gasteiger partial charge in [0.15, 0.2) is 11.5 Å². The maximum absolute atomic E-state index is 14.3. The second kappa shape index (κ2) is 7.33. The van der Waals surface area contributed by atoms with Crippen LogP contribution in [0.5, 0.6) is 5.75 Å². The summed E-state index contributed by atoms with van der Waals surface area (Å²) in [6.45, 7) is 1.87. The largest absolute Gasteiger partial charge is 0.485 e. The number of likely N-dealkylation sites (N-methyl/N-ethyl adjacent to an activating group) is 1. The summed E-state index contributed by atoms with van der Waals surface area (Å²) in [4.78, 5) is 27.4. The van der Waals surface area contributed by atoms with E-state index < -0.39 is 17.1 Å². The minimum Gasteiger partial charge on any atom is -0.485 e. The monoisotopic (exact) mass is 449 g/mol. The number of amides is 1. The standard InChI is InChI=1S/C24H21F2N5O2/c1-23(11-14-5-7-15(25)8-6-14)13-24(21(32)31(2)22(27)30-24)17-10-18(29-12-19(17)33-23)16-4-3-9-28-20(16)26/h3-10,12H,11,13H2,1-2H3,(H2,27,30). The summed E-state index contributed by atoms with van der Waals surface area (Å²) in [5.74, 6) is -0.866. The van der Waals surface area contributed by atoms with E-state index in [-0.39, 0.29) is 29.7 Å². The van der Waals surface area contributed by atoms with Gasteiger partial charge in [0, 0.05) is 31.6 Å². The summed E-state index contributed by atoms with van der Waals surface area (Å²) in [7, 11) is 1.56. The molecule has 2 N–H and O–H groups in total. The molecule has 1 aromatic carbocycles. The summed E-state index contributed by atoms with van der Waals surface area (Å²) >= 11 is 0. The van der Waals surface area contributed by atoms with Gasteiger partial charge >= 0.3 is 0 Å². The Hall–Kier alpha value is -3.88. The van der Waals surface area contributed by atoms with E-state index in [1.165, 1.54) is 29.4 Å². The lowest BCUT2D eigenvalue weighted by Gasteiger charge is -2.43. The Morgan fingerprint density at radius 1 is 1.18 bits per heavy atom. The highest BCUT2D eigenvalue weighted by atomic mass is 19.1. The molecule has 0 saturated heterocycles. The maximum atomic E-state index is 14.3. The molecule has 2 aromatic heterocycles. The van der Waals surface area contributed by atoms with Crippen LogP contribution < -0.4 is 10.5 Å². The SMILES string of the molecule is CN1C(=O)C2(CC(C)(Cc3ccc(F)cc3)Oc3cnc(-c4cccnc4F)cc32)N=C1N. The third kappa shape index (κ3) is 3.40. The molecule has 0 fully saturated rings. The number of guanidine groups is 1. The highest BCUT2D eigenvalue weighted by Crippen LogP contribution is 2.50. The molecule has 3 aromatic rings. The Labute approximate surface area is 188 Å². The van der Waals surface area contributed by atoms with Crippen molar-refractivity contribution >= 4 is 11.9 Å². The number of hydrogen-bond acceptors (Lipinski definition) is 6. The predicted octanol–water partition coefficient (Wildman–Crippen LogP) is 3.19. The van der Waals surface area contributed by atoms with Gasteiger partial charge in [-0.25, -0.2) is 14.4 Å². The van der Waals surface area contributed by atoms with Gasteiger partial charge in [-0.15, -0.1) is 0 Å². The van der Waals surface area contributed by atoms with Gasteiger partial charge in [0.05, 0.1) is 17.5 Å². The van der Waals surface area contributed by atoms with Crippen LogP contribution in [0.25, 0.3) is 11.3 Å². The van der Waals surface area contributed by atoms with E-state index in [0.717, 1.165) is 5.56 Å². The summed E-state index contributed by atoms with van der Waals surface area (Å²) in [5.41, 5.74) is 5.65. The first-order chi connectivity index (χ1) is 15.7. The second-order valence-electron chi connectivity index (χ2n) is 8.63. The number of nitrogens with two attached hydrogens (primary N) is 1. The number of rotatable bonds is 3. The van der Waals surface area contributed by atoms with Gasteiger partial charge in [0.25, 0.3) is 5.91 Å². The number of fused-ring (bicyclic) bond motifs is 2. The third-order valence-electron chi connectivity index (χ3n) is 6.13. The first kappa shape index (κ1) is 21.0. The lowest BCUT2D eigenvalue weighted by Crippen LogP contribution is -2.51. The number of carbonyl (C=O) groups is 1. The highest BCUT2D eigenvalue weighted by molar-refractivity contribution is 6.07. The molecule has 168 valence electrons. The van der Waals surface area contributed by atoms with Gasteiger partial charge in [0.1, 0.15) is 17.2 Å². The first-order valence-electron chi connectivity index (χ1n) is 10.4. The van der Waals surface area contributed by atoms with Crippen molar-refractivity contribution in [3.05, 3.63) is 77.8 Å². The van der Waals surface area contributed by atoms with E-state index in [1.807, 2.05) is 6.92 Å². The van der Waals surface area contributed by atoms with Crippen LogP contribution in [0.4, 0.5) is 8.78 Å². The molecule has 2 aliphatic heterocycles. The summed E-state index contributed by atoms with van der Waals surface area (Å²) in [6.07, 6.45) is 3.41. The quantitative estimate of drug-likeness (QED) is 0.620. The van der Waals surface area contributed by atoms with Gasteiger partial charge in [-0.1, -0.05) is 12.1 Å². The Morgan fingerprint density at radius 2 is 1.94 bits per heavy atom. The van der Waals surface area contributed by atoms with Crippen molar-refractivity contribution in [1.82, 2.24) is 14.9 Å². The van der Waals surface area contributed by atoms with E-state index in [4.69, 9.17) is 10.5 Å². The van der Waals surface area contributed by atoms with Gasteiger partial charge in [0.2, 0.25) is 5.95 Å². The number of ether oxygens (including phenoxy) is 1. The molecule has 9 heteroatoms. The molecule has 7 nitrogen and oxygen atoms in total. The molecule has 2 unspecified atom stereocenters. The zero-order valence-electron chi connectivity index (χ0n) is 18.0. The number of benzene rings is 1. The van der Waals surface area contributed by atoms with Crippen LogP contribution in [0.3, 0.4) is 0 Å². The highest BCUT2D eigenvalue weighted by Gasteiger charge is 2.57. The fraction of sp³-hybridized carbons (Fsp3) is 0.250. The summed E-state index contributed by atoms with van der Waals surface area (Å²) in [5, 5.41) is 0. The van der Waals surface area contributed by atoms with Crippen molar-refractivity contribution < 1.29 is 18.3 Å². The Balaban J connectivity index is 1.64. The van der Waals surface area contributed by atoms with E-state index in [9.17, 15) is 13.6 Å². The molecular formula is C24H21F2N5O2. The average molecular weight is 449 g/mol. The topological polar surface area (TPSA) is 93.7 Å². The first-order valence-corrected chi connectivity index (χ1v) is 10.4. The van der Waals surface area contributed by atoms with Crippen LogP contribution in [0.1, 0.15) is 24.5 Å². The van der Waals surface area contributed by atoms with Crippen LogP contribution in [-0.4, -0.2) is 39.4 Å². The predicted molar refractivity (Wildman–Crippen MR) is 117 cm³/mol. The molecule has 4 heterocycles. The molecule has 5 rings (SSSR count). The van der Waals surface area contributed by atoms with E-state index in [0.29, 0.717) is 23.4 Å². The van der Waals surface area contributed by atoms with Crippen LogP contribution in [0.2, 0.25) is 0 Å². The fourth-order valence-corrected chi connectivity index (χ4v) is 4.63. The maximum Gasteiger partial charge on any atom is 0.261 e. The molecule has 2 atom stereocenters. The van der Waals surface area contributed by atoms with Crippen molar-refractivity contribution in [2.45, 2.75) is 30.9 Å². The molecule has 33 heavy (non-hydrogen) atoms. The zero-order valence-corrected chi connectivity index (χ0v) is 18.0. The van der Waals surface area contributed by atoms with E-state index in [2.05, 4.69) is 15.0 Å². The molecular weight excluding hydrogens is 428 g/mol. The number of aliphatic imine (C=N–C) groups is 1. The summed E-state index contributed by atoms with van der Waals surface area (Å²) < 4.78 is 34.1. The molecule has 0 radical (unpaired) electrons. The van der Waals surface area contributed by atoms with Gasteiger partial charge in [-0.05, 0) is 42.8 Å². The average Bonchev–Trinajstić information content (AvgIpc) is 2.99. The zero-order chi connectivity index (χ0) is 23.4. The summed E-state index contributed by atoms with van der Waals surface area (Å²) in [6, 6.07) is 10.9. The molecule has 1 amide bonds. The van der Waals surface area contributed by atoms with Crippen molar-refractivity contribution in [1.29, 1.82) is 0 Å². The fourth-order valence-electron chi connectivity index (χ4n) is 4.63. The van der Waals surface area contributed by atoms with E-state index in [1.54, 1.807) is 37.4 Å². The Morgan fingerprint density at radius 3 is 2.61 bits per heavy atom. The van der Waals surface area contributed by atoms with Crippen molar-refractivity contribution in [2.75, 3.05) is 7.05 Å². The lowest BCUT2D eigenvalue weighted by atomic mass is 9.75. The Kier molecular flexibility index (Phi) is 4.66. The van der Waals surface area contributed by atoms with E-state index >= 15 is 0 Å². The second-order valence-corrected chi connectivity index (χ2v) is 8.63. The minimum absolute atomic E-state index is 0.0860. The van der Waals surface area contributed by atoms with Crippen LogP contribution in [0.15, 0.2) is 59.9 Å². The number of pyridine rings is 2. The van der Waals surface area contributed by atoms with Crippen LogP contribution in [0, 0.1) is 11.8 Å². The molecule has 1 spiro atoms. The molecule has 0 aliphatic carbocycles. The number of hydrogen-bond donors (Lipinski definition) is 1. The van der Waals surface area contributed by atoms with Crippen molar-refractivity contribution in [3.8, 4) is 17.0 Å².